The molecule has 0 heterocycles. The van der Waals surface area contributed by atoms with Crippen LogP contribution in [0.4, 0.5) is 5.69 Å². The van der Waals surface area contributed by atoms with E-state index in [1.807, 2.05) is 30.3 Å². The molecule has 0 aliphatic heterocycles. The molecule has 0 unspecified atom stereocenters. The van der Waals surface area contributed by atoms with E-state index < -0.39 is 4.92 Å². The molecule has 4 rings (SSSR count). The predicted octanol–water partition coefficient (Wildman–Crippen LogP) is 6.17. The zero-order valence-corrected chi connectivity index (χ0v) is 15.7. The molecule has 0 amide bonds. The van der Waals surface area contributed by atoms with Gasteiger partial charge in [-0.25, -0.2) is 0 Å². The highest BCUT2D eigenvalue weighted by molar-refractivity contribution is 6.07. The second-order valence-corrected chi connectivity index (χ2v) is 7.61. The Kier molecular flexibility index (Phi) is 5.24. The van der Waals surface area contributed by atoms with Crippen LogP contribution in [-0.4, -0.2) is 10.9 Å². The van der Waals surface area contributed by atoms with Crippen molar-refractivity contribution in [2.24, 2.45) is 5.92 Å². The Morgan fingerprint density at radius 2 is 1.75 bits per heavy atom. The number of esters is 1. The van der Waals surface area contributed by atoms with Gasteiger partial charge < -0.3 is 4.74 Å². The molecular weight excluding hydrogens is 354 g/mol. The van der Waals surface area contributed by atoms with Crippen LogP contribution in [0.3, 0.4) is 0 Å². The number of rotatable bonds is 5. The van der Waals surface area contributed by atoms with Crippen molar-refractivity contribution in [1.29, 1.82) is 0 Å². The molecule has 3 aromatic rings. The molecule has 3 aromatic carbocycles. The quantitative estimate of drug-likeness (QED) is 0.175. The summed E-state index contributed by atoms with van der Waals surface area (Å²) in [4.78, 5) is 23.3. The lowest BCUT2D eigenvalue weighted by Crippen LogP contribution is -2.13. The number of hydrogen-bond acceptors (Lipinski definition) is 4. The average Bonchev–Trinajstić information content (AvgIpc) is 2.72. The summed E-state index contributed by atoms with van der Waals surface area (Å²) in [5.74, 6) is 0.881. The number of carbonyl (C=O) groups excluding carboxylic acids is 1. The van der Waals surface area contributed by atoms with Crippen LogP contribution in [0.1, 0.15) is 44.9 Å². The molecule has 5 heteroatoms. The Morgan fingerprint density at radius 3 is 2.54 bits per heavy atom. The van der Waals surface area contributed by atoms with E-state index in [2.05, 4.69) is 0 Å². The molecule has 0 radical (unpaired) electrons. The zero-order valence-electron chi connectivity index (χ0n) is 15.7. The van der Waals surface area contributed by atoms with E-state index in [-0.39, 0.29) is 11.7 Å². The van der Waals surface area contributed by atoms with Crippen LogP contribution in [0.5, 0.6) is 5.75 Å². The zero-order chi connectivity index (χ0) is 19.5. The number of nitro groups is 1. The number of ether oxygens (including phenoxy) is 1. The average molecular weight is 377 g/mol. The monoisotopic (exact) mass is 377 g/mol. The Balaban J connectivity index is 1.65. The van der Waals surface area contributed by atoms with Gasteiger partial charge in [-0.15, -0.1) is 0 Å². The summed E-state index contributed by atoms with van der Waals surface area (Å²) in [6.45, 7) is 0. The number of carbonyl (C=O) groups is 1. The summed E-state index contributed by atoms with van der Waals surface area (Å²) < 4.78 is 5.82. The van der Waals surface area contributed by atoms with Gasteiger partial charge in [-0.1, -0.05) is 56.4 Å². The highest BCUT2D eigenvalue weighted by Crippen LogP contribution is 2.37. The Bertz CT molecular complexity index is 1040. The van der Waals surface area contributed by atoms with Crippen LogP contribution in [0.25, 0.3) is 21.5 Å². The highest BCUT2D eigenvalue weighted by Gasteiger charge is 2.18. The van der Waals surface area contributed by atoms with Gasteiger partial charge in [0.2, 0.25) is 0 Å². The molecule has 0 N–H and O–H groups in total. The third kappa shape index (κ3) is 3.84. The Labute approximate surface area is 163 Å². The summed E-state index contributed by atoms with van der Waals surface area (Å²) >= 11 is 0. The van der Waals surface area contributed by atoms with Crippen molar-refractivity contribution in [3.05, 3.63) is 58.6 Å². The molecular formula is C23H23NO4. The first-order valence-electron chi connectivity index (χ1n) is 9.92. The number of non-ortho nitro benzene ring substituents is 1. The third-order valence-corrected chi connectivity index (χ3v) is 5.70. The molecule has 0 bridgehead atoms. The molecule has 1 aliphatic carbocycles. The van der Waals surface area contributed by atoms with Crippen LogP contribution in [0, 0.1) is 16.0 Å². The lowest BCUT2D eigenvalue weighted by molar-refractivity contribution is -0.384. The van der Waals surface area contributed by atoms with E-state index >= 15 is 0 Å². The summed E-state index contributed by atoms with van der Waals surface area (Å²) in [5.41, 5.74) is 0.0253. The van der Waals surface area contributed by atoms with Crippen LogP contribution >= 0.6 is 0 Å². The fourth-order valence-electron chi connectivity index (χ4n) is 4.20. The minimum atomic E-state index is -0.412. The summed E-state index contributed by atoms with van der Waals surface area (Å²) in [6.07, 6.45) is 7.49. The summed E-state index contributed by atoms with van der Waals surface area (Å²) in [6, 6.07) is 14.2. The SMILES string of the molecule is O=C(CCC1CCCCC1)Oc1c2ccccc2cc2cc([N+](=O)[O-])ccc12. The van der Waals surface area contributed by atoms with Crippen LogP contribution in [0.15, 0.2) is 48.5 Å². The first kappa shape index (κ1) is 18.4. The molecule has 0 aromatic heterocycles. The minimum Gasteiger partial charge on any atom is -0.425 e. The maximum atomic E-state index is 12.6. The maximum absolute atomic E-state index is 12.6. The van der Waals surface area contributed by atoms with Crippen molar-refractivity contribution in [2.75, 3.05) is 0 Å². The van der Waals surface area contributed by atoms with Gasteiger partial charge in [0.05, 0.1) is 4.92 Å². The largest absolute Gasteiger partial charge is 0.425 e. The summed E-state index contributed by atoms with van der Waals surface area (Å²) in [5, 5.41) is 14.3. The lowest BCUT2D eigenvalue weighted by Gasteiger charge is -2.21. The van der Waals surface area contributed by atoms with Gasteiger partial charge in [-0.05, 0) is 35.2 Å². The van der Waals surface area contributed by atoms with E-state index in [1.54, 1.807) is 6.07 Å². The molecule has 1 saturated carbocycles. The smallest absolute Gasteiger partial charge is 0.311 e. The standard InChI is InChI=1S/C23H23NO4/c25-22(13-10-16-6-2-1-3-7-16)28-23-20-9-5-4-8-17(20)14-18-15-19(24(26)27)11-12-21(18)23/h4-5,8-9,11-12,14-16H,1-3,6-7,10,13H2. The Morgan fingerprint density at radius 1 is 1.00 bits per heavy atom. The molecule has 0 spiro atoms. The number of nitrogens with zero attached hydrogens (tertiary/aromatic N) is 1. The van der Waals surface area contributed by atoms with Gasteiger partial charge in [0.25, 0.3) is 5.69 Å². The molecule has 5 nitrogen and oxygen atoms in total. The van der Waals surface area contributed by atoms with E-state index in [9.17, 15) is 14.9 Å². The fourth-order valence-corrected chi connectivity index (χ4v) is 4.20. The van der Waals surface area contributed by atoms with Crippen molar-refractivity contribution >= 4 is 33.2 Å². The van der Waals surface area contributed by atoms with Gasteiger partial charge in [-0.2, -0.15) is 0 Å². The van der Waals surface area contributed by atoms with Crippen molar-refractivity contribution < 1.29 is 14.5 Å². The van der Waals surface area contributed by atoms with Crippen molar-refractivity contribution in [1.82, 2.24) is 0 Å². The van der Waals surface area contributed by atoms with Gasteiger partial charge in [-0.3, -0.25) is 14.9 Å². The van der Waals surface area contributed by atoms with E-state index in [0.717, 1.165) is 22.6 Å². The maximum Gasteiger partial charge on any atom is 0.311 e. The molecule has 1 fully saturated rings. The molecule has 0 saturated heterocycles. The number of fused-ring (bicyclic) bond motifs is 2. The number of benzene rings is 3. The molecule has 1 aliphatic rings. The van der Waals surface area contributed by atoms with E-state index in [1.165, 1.54) is 44.2 Å². The van der Waals surface area contributed by atoms with Gasteiger partial charge >= 0.3 is 5.97 Å². The van der Waals surface area contributed by atoms with Crippen molar-refractivity contribution in [3.63, 3.8) is 0 Å². The molecule has 28 heavy (non-hydrogen) atoms. The second kappa shape index (κ2) is 7.97. The van der Waals surface area contributed by atoms with E-state index in [4.69, 9.17) is 4.74 Å². The molecule has 144 valence electrons. The first-order chi connectivity index (χ1) is 13.6. The minimum absolute atomic E-state index is 0.0253. The fraction of sp³-hybridized carbons (Fsp3) is 0.348. The lowest BCUT2D eigenvalue weighted by atomic mass is 9.86. The van der Waals surface area contributed by atoms with Crippen molar-refractivity contribution in [2.45, 2.75) is 44.9 Å². The molecule has 0 atom stereocenters. The topological polar surface area (TPSA) is 69.4 Å². The van der Waals surface area contributed by atoms with Gasteiger partial charge in [0, 0.05) is 29.3 Å². The van der Waals surface area contributed by atoms with Gasteiger partial charge in [0.15, 0.2) is 0 Å². The van der Waals surface area contributed by atoms with Gasteiger partial charge in [0.1, 0.15) is 5.75 Å². The Hall–Kier alpha value is -2.95. The highest BCUT2D eigenvalue weighted by atomic mass is 16.6. The van der Waals surface area contributed by atoms with Crippen molar-refractivity contribution in [3.8, 4) is 5.75 Å². The van der Waals surface area contributed by atoms with Crippen LogP contribution in [0.2, 0.25) is 0 Å². The van der Waals surface area contributed by atoms with E-state index in [0.29, 0.717) is 23.5 Å². The predicted molar refractivity (Wildman–Crippen MR) is 110 cm³/mol. The van der Waals surface area contributed by atoms with Crippen LogP contribution in [-0.2, 0) is 4.79 Å². The second-order valence-electron chi connectivity index (χ2n) is 7.61. The first-order valence-corrected chi connectivity index (χ1v) is 9.92. The normalized spacial score (nSPS) is 15.0. The third-order valence-electron chi connectivity index (χ3n) is 5.70. The van der Waals surface area contributed by atoms with Crippen LogP contribution < -0.4 is 4.74 Å². The number of hydrogen-bond donors (Lipinski definition) is 0. The summed E-state index contributed by atoms with van der Waals surface area (Å²) in [7, 11) is 0. The number of nitro benzene ring substituents is 1.